The first-order valence-electron chi connectivity index (χ1n) is 39.5. The van der Waals surface area contributed by atoms with Crippen molar-refractivity contribution >= 4 is 39.5 Å². The third-order valence-electron chi connectivity index (χ3n) is 16.5. The van der Waals surface area contributed by atoms with E-state index < -0.39 is 97.5 Å². The number of rotatable bonds is 74. The van der Waals surface area contributed by atoms with Gasteiger partial charge in [-0.05, 0) is 148 Å². The Labute approximate surface area is 607 Å². The van der Waals surface area contributed by atoms with Crippen molar-refractivity contribution in [1.82, 2.24) is 0 Å². The molecule has 0 aliphatic rings. The molecule has 17 nitrogen and oxygen atoms in total. The smallest absolute Gasteiger partial charge is 0.462 e. The van der Waals surface area contributed by atoms with Crippen LogP contribution in [0.15, 0.2) is 97.2 Å². The maximum Gasteiger partial charge on any atom is 0.472 e. The summed E-state index contributed by atoms with van der Waals surface area (Å²) in [5.74, 6) is -2.26. The fourth-order valence-electron chi connectivity index (χ4n) is 10.4. The van der Waals surface area contributed by atoms with Crippen LogP contribution in [0.1, 0.15) is 336 Å². The van der Waals surface area contributed by atoms with Crippen LogP contribution >= 0.6 is 15.6 Å². The van der Waals surface area contributed by atoms with Crippen LogP contribution in [-0.2, 0) is 65.4 Å². The number of aliphatic hydroxyl groups excluding tert-OH is 1. The number of ether oxygens (including phenoxy) is 4. The molecule has 0 aromatic heterocycles. The zero-order valence-corrected chi connectivity index (χ0v) is 64.9. The minimum atomic E-state index is -4.99. The maximum absolute atomic E-state index is 13.1. The van der Waals surface area contributed by atoms with Crippen LogP contribution in [0.2, 0.25) is 0 Å². The number of hydrogen-bond acceptors (Lipinski definition) is 15. The van der Waals surface area contributed by atoms with Crippen LogP contribution in [0, 0.1) is 0 Å². The number of aliphatic hydroxyl groups is 1. The molecule has 0 aromatic rings. The molecule has 5 atom stereocenters. The second-order valence-electron chi connectivity index (χ2n) is 26.3. The fourth-order valence-corrected chi connectivity index (χ4v) is 12.0. The Kier molecular flexibility index (Phi) is 70.4. The highest BCUT2D eigenvalue weighted by atomic mass is 31.2. The van der Waals surface area contributed by atoms with Crippen molar-refractivity contribution in [3.63, 3.8) is 0 Å². The van der Waals surface area contributed by atoms with Gasteiger partial charge in [-0.1, -0.05) is 260 Å². The van der Waals surface area contributed by atoms with E-state index in [-0.39, 0.29) is 25.7 Å². The van der Waals surface area contributed by atoms with Gasteiger partial charge in [0.1, 0.15) is 19.3 Å². The van der Waals surface area contributed by atoms with Crippen LogP contribution in [0.4, 0.5) is 0 Å². The van der Waals surface area contributed by atoms with Crippen molar-refractivity contribution < 1.29 is 80.2 Å². The second-order valence-corrected chi connectivity index (χ2v) is 29.2. The third kappa shape index (κ3) is 72.3. The number of hydrogen-bond donors (Lipinski definition) is 3. The maximum atomic E-state index is 13.1. The Balaban J connectivity index is 5.42. The highest BCUT2D eigenvalue weighted by Gasteiger charge is 2.30. The molecule has 0 spiro atoms. The summed E-state index contributed by atoms with van der Waals surface area (Å²) in [6.45, 7) is 4.73. The molecule has 0 aromatic carbocycles. The summed E-state index contributed by atoms with van der Waals surface area (Å²) in [4.78, 5) is 72.9. The van der Waals surface area contributed by atoms with Gasteiger partial charge in [-0.3, -0.25) is 37.3 Å². The van der Waals surface area contributed by atoms with Crippen molar-refractivity contribution in [2.45, 2.75) is 354 Å². The average Bonchev–Trinajstić information content (AvgIpc) is 1.22. The molecule has 3 N–H and O–H groups in total. The van der Waals surface area contributed by atoms with Crippen molar-refractivity contribution in [1.29, 1.82) is 0 Å². The zero-order chi connectivity index (χ0) is 73.2. The topological polar surface area (TPSA) is 237 Å². The lowest BCUT2D eigenvalue weighted by Gasteiger charge is -2.21. The molecule has 0 rings (SSSR count). The van der Waals surface area contributed by atoms with Crippen LogP contribution in [-0.4, -0.2) is 96.7 Å². The summed E-state index contributed by atoms with van der Waals surface area (Å²) < 4.78 is 68.5. The Morgan fingerprint density at radius 3 is 0.830 bits per heavy atom. The van der Waals surface area contributed by atoms with Crippen LogP contribution in [0.3, 0.4) is 0 Å². The zero-order valence-electron chi connectivity index (χ0n) is 63.1. The molecule has 0 saturated carbocycles. The summed E-state index contributed by atoms with van der Waals surface area (Å²) in [5.41, 5.74) is 0. The lowest BCUT2D eigenvalue weighted by molar-refractivity contribution is -0.161. The van der Waals surface area contributed by atoms with Gasteiger partial charge < -0.3 is 33.8 Å². The van der Waals surface area contributed by atoms with Gasteiger partial charge in [0, 0.05) is 25.7 Å². The molecule has 100 heavy (non-hydrogen) atoms. The quantitative estimate of drug-likeness (QED) is 0.0169. The summed E-state index contributed by atoms with van der Waals surface area (Å²) in [6.07, 6.45) is 76.8. The second kappa shape index (κ2) is 73.3. The highest BCUT2D eigenvalue weighted by molar-refractivity contribution is 7.47. The standard InChI is InChI=1S/C81H142O17P2/c1-5-9-13-17-21-25-29-33-36-37-40-44-48-52-56-60-64-68-81(86)98-77(72-92-79(84)66-62-58-54-50-46-42-38-34-30-26-22-18-14-10-6-2)74-96-100(89,90)94-70-75(82)69-93-99(87,88)95-73-76(71-91-78(83)65-61-57-53-49-45-41-32-28-24-20-16-12-8-4)97-80(85)67-63-59-55-51-47-43-39-35-31-27-23-19-15-11-7-3/h21,23,25,27-28,32-36,38-40,44,52,56,75-77,82H,5-20,22,24,26,29-31,37,41-43,45-51,53-55,57-74H2,1-4H3,(H,87,88)(H,89,90)/b25-21-,27-23-,32-28-,36-33-,38-34-,39-35-,44-40-,56-52-/t75-,76+,77+/m0/s1. The number of carbonyl (C=O) groups excluding carboxylic acids is 4. The first-order valence-corrected chi connectivity index (χ1v) is 42.5. The molecule has 2 unspecified atom stereocenters. The molecule has 0 radical (unpaired) electrons. The lowest BCUT2D eigenvalue weighted by Crippen LogP contribution is -2.30. The SMILES string of the molecule is CCCCC/C=C\C/C=C\C/C=C\C/C=C\CCCC(=O)O[C@H](COC(=O)CCCCCCC/C=C\CCCCCCCC)COP(=O)(O)OC[C@@H](O)COP(=O)(O)OC[C@@H](COC(=O)CCCCCCC/C=C\CCCCCC)OC(=O)CCCCCCC/C=C\C/C=C\CCCCC. The largest absolute Gasteiger partial charge is 0.472 e. The van der Waals surface area contributed by atoms with Crippen LogP contribution < -0.4 is 0 Å². The van der Waals surface area contributed by atoms with E-state index in [1.165, 1.54) is 103 Å². The normalized spacial score (nSPS) is 14.4. The van der Waals surface area contributed by atoms with E-state index in [2.05, 4.69) is 113 Å². The minimum Gasteiger partial charge on any atom is -0.462 e. The third-order valence-corrected chi connectivity index (χ3v) is 18.4. The van der Waals surface area contributed by atoms with E-state index in [9.17, 15) is 43.2 Å². The highest BCUT2D eigenvalue weighted by Crippen LogP contribution is 2.45. The van der Waals surface area contributed by atoms with Gasteiger partial charge in [0.15, 0.2) is 12.2 Å². The average molecular weight is 1450 g/mol. The van der Waals surface area contributed by atoms with E-state index in [1.807, 2.05) is 12.2 Å². The van der Waals surface area contributed by atoms with Gasteiger partial charge in [-0.25, -0.2) is 9.13 Å². The molecule has 0 heterocycles. The number of allylic oxidation sites excluding steroid dienone is 16. The number of unbranched alkanes of at least 4 members (excludes halogenated alkanes) is 32. The number of phosphoric ester groups is 2. The van der Waals surface area contributed by atoms with E-state index in [1.54, 1.807) is 0 Å². The lowest BCUT2D eigenvalue weighted by atomic mass is 10.1. The molecule has 0 saturated heterocycles. The molecule has 0 bridgehead atoms. The predicted octanol–water partition coefficient (Wildman–Crippen LogP) is 22.8. The predicted molar refractivity (Wildman–Crippen MR) is 409 cm³/mol. The van der Waals surface area contributed by atoms with E-state index in [4.69, 9.17) is 37.0 Å². The van der Waals surface area contributed by atoms with Gasteiger partial charge >= 0.3 is 39.5 Å². The summed E-state index contributed by atoms with van der Waals surface area (Å²) in [6, 6.07) is 0. The van der Waals surface area contributed by atoms with Crippen molar-refractivity contribution in [3.05, 3.63) is 97.2 Å². The number of carbonyl (C=O) groups is 4. The molecular weight excluding hydrogens is 1310 g/mol. The summed E-state index contributed by atoms with van der Waals surface area (Å²) in [7, 11) is -9.97. The van der Waals surface area contributed by atoms with Gasteiger partial charge in [0.05, 0.1) is 26.4 Å². The Hall–Kier alpha value is -4.02. The molecule has 578 valence electrons. The number of esters is 4. The minimum absolute atomic E-state index is 0.0176. The number of phosphoric acid groups is 2. The summed E-state index contributed by atoms with van der Waals surface area (Å²) in [5, 5.41) is 10.6. The van der Waals surface area contributed by atoms with Crippen LogP contribution in [0.25, 0.3) is 0 Å². The monoisotopic (exact) mass is 1450 g/mol. The van der Waals surface area contributed by atoms with Crippen LogP contribution in [0.5, 0.6) is 0 Å². The fraction of sp³-hybridized carbons (Fsp3) is 0.753. The molecule has 0 fully saturated rings. The van der Waals surface area contributed by atoms with Crippen molar-refractivity contribution in [2.24, 2.45) is 0 Å². The molecular formula is C81H142O17P2. The Bertz CT molecular complexity index is 2270. The molecule has 19 heteroatoms. The van der Waals surface area contributed by atoms with Crippen molar-refractivity contribution in [2.75, 3.05) is 39.6 Å². The molecule has 0 aliphatic carbocycles. The van der Waals surface area contributed by atoms with Gasteiger partial charge in [-0.2, -0.15) is 0 Å². The Morgan fingerprint density at radius 2 is 0.500 bits per heavy atom. The molecule has 0 amide bonds. The van der Waals surface area contributed by atoms with Gasteiger partial charge in [0.2, 0.25) is 0 Å². The first-order chi connectivity index (χ1) is 48.7. The van der Waals surface area contributed by atoms with E-state index >= 15 is 0 Å². The van der Waals surface area contributed by atoms with Crippen molar-refractivity contribution in [3.8, 4) is 0 Å². The van der Waals surface area contributed by atoms with E-state index in [0.717, 1.165) is 148 Å². The van der Waals surface area contributed by atoms with Gasteiger partial charge in [0.25, 0.3) is 0 Å². The Morgan fingerprint density at radius 1 is 0.280 bits per heavy atom. The summed E-state index contributed by atoms with van der Waals surface area (Å²) >= 11 is 0. The molecule has 0 aliphatic heterocycles. The van der Waals surface area contributed by atoms with E-state index in [0.29, 0.717) is 32.1 Å². The first kappa shape index (κ1) is 96.0. The van der Waals surface area contributed by atoms with Gasteiger partial charge in [-0.15, -0.1) is 0 Å².